The average molecular weight is 353 g/mol. The van der Waals surface area contributed by atoms with E-state index in [9.17, 15) is 14.7 Å². The fourth-order valence-electron chi connectivity index (χ4n) is 3.11. The molecule has 0 aliphatic carbocycles. The van der Waals surface area contributed by atoms with Gasteiger partial charge in [0.1, 0.15) is 6.33 Å². The molecule has 0 spiro atoms. The Morgan fingerprint density at radius 2 is 2.04 bits per heavy atom. The van der Waals surface area contributed by atoms with E-state index >= 15 is 0 Å². The van der Waals surface area contributed by atoms with Crippen molar-refractivity contribution < 1.29 is 19.4 Å². The van der Waals surface area contributed by atoms with Crippen molar-refractivity contribution in [2.45, 2.75) is 20.3 Å². The maximum Gasteiger partial charge on any atom is 0.360 e. The number of imidazole rings is 1. The van der Waals surface area contributed by atoms with Crippen LogP contribution in [-0.4, -0.2) is 48.2 Å². The highest BCUT2D eigenvalue weighted by molar-refractivity contribution is 5.90. The number of esters is 1. The summed E-state index contributed by atoms with van der Waals surface area (Å²) in [5, 5.41) is 17.6. The number of carbonyl (C=O) groups excluding carboxylic acids is 1. The lowest BCUT2D eigenvalue weighted by molar-refractivity contribution is 0.0518. The number of hydrogen-bond donors (Lipinski definition) is 1. The van der Waals surface area contributed by atoms with Crippen LogP contribution in [0.5, 0.6) is 0 Å². The summed E-state index contributed by atoms with van der Waals surface area (Å²) in [6, 6.07) is 5.68. The van der Waals surface area contributed by atoms with E-state index in [0.717, 1.165) is 5.56 Å². The van der Waals surface area contributed by atoms with Crippen molar-refractivity contribution in [3.8, 4) is 11.4 Å². The molecule has 0 saturated carbocycles. The van der Waals surface area contributed by atoms with Gasteiger partial charge in [0.2, 0.25) is 0 Å². The van der Waals surface area contributed by atoms with Crippen molar-refractivity contribution in [3.05, 3.63) is 52.9 Å². The predicted octanol–water partition coefficient (Wildman–Crippen LogP) is 1.54. The molecule has 1 aliphatic rings. The predicted molar refractivity (Wildman–Crippen MR) is 88.9 cm³/mol. The Bertz CT molecular complexity index is 1050. The van der Waals surface area contributed by atoms with Gasteiger partial charge in [0.25, 0.3) is 0 Å². The number of aromatic nitrogens is 5. The van der Waals surface area contributed by atoms with E-state index < -0.39 is 11.9 Å². The molecule has 0 amide bonds. The number of ether oxygens (including phenoxy) is 1. The first-order valence-corrected chi connectivity index (χ1v) is 8.03. The Morgan fingerprint density at radius 1 is 1.23 bits per heavy atom. The SMILES string of the molecule is CCOC(=O)c1nnn2c1Cc1c(C(=O)O)ncn1-c1ccc(C)cc1-2. The van der Waals surface area contributed by atoms with Crippen molar-refractivity contribution in [1.29, 1.82) is 0 Å². The van der Waals surface area contributed by atoms with E-state index in [1.165, 1.54) is 6.33 Å². The van der Waals surface area contributed by atoms with Crippen LogP contribution in [0.15, 0.2) is 24.5 Å². The normalized spacial score (nSPS) is 11.9. The lowest BCUT2D eigenvalue weighted by Gasteiger charge is -2.10. The largest absolute Gasteiger partial charge is 0.476 e. The highest BCUT2D eigenvalue weighted by Crippen LogP contribution is 2.30. The molecule has 0 saturated heterocycles. The number of aryl methyl sites for hydroxylation is 1. The van der Waals surface area contributed by atoms with Crippen LogP contribution in [0.2, 0.25) is 0 Å². The third-order valence-electron chi connectivity index (χ3n) is 4.25. The van der Waals surface area contributed by atoms with Gasteiger partial charge in [0.15, 0.2) is 11.4 Å². The van der Waals surface area contributed by atoms with Crippen molar-refractivity contribution in [2.75, 3.05) is 6.61 Å². The van der Waals surface area contributed by atoms with E-state index in [1.54, 1.807) is 16.2 Å². The van der Waals surface area contributed by atoms with E-state index in [1.807, 2.05) is 25.1 Å². The Morgan fingerprint density at radius 3 is 2.77 bits per heavy atom. The van der Waals surface area contributed by atoms with E-state index in [2.05, 4.69) is 15.3 Å². The second-order valence-corrected chi connectivity index (χ2v) is 5.90. The van der Waals surface area contributed by atoms with Gasteiger partial charge in [0, 0.05) is 6.42 Å². The number of hydrogen-bond acceptors (Lipinski definition) is 6. The van der Waals surface area contributed by atoms with Crippen LogP contribution in [0.25, 0.3) is 11.4 Å². The maximum absolute atomic E-state index is 12.3. The third-order valence-corrected chi connectivity index (χ3v) is 4.25. The first kappa shape index (κ1) is 16.0. The second kappa shape index (κ2) is 5.80. The summed E-state index contributed by atoms with van der Waals surface area (Å²) in [5.74, 6) is -1.72. The molecule has 0 atom stereocenters. The first-order chi connectivity index (χ1) is 12.5. The van der Waals surface area contributed by atoms with Gasteiger partial charge in [-0.05, 0) is 31.5 Å². The molecule has 1 aliphatic heterocycles. The summed E-state index contributed by atoms with van der Waals surface area (Å²) in [6.07, 6.45) is 1.60. The Labute approximate surface area is 147 Å². The Balaban J connectivity index is 2.02. The quantitative estimate of drug-likeness (QED) is 0.556. The maximum atomic E-state index is 12.3. The summed E-state index contributed by atoms with van der Waals surface area (Å²) in [7, 11) is 0. The van der Waals surface area contributed by atoms with Gasteiger partial charge in [-0.1, -0.05) is 11.3 Å². The molecule has 9 nitrogen and oxygen atoms in total. The number of carbonyl (C=O) groups is 2. The molecular weight excluding hydrogens is 338 g/mol. The molecule has 26 heavy (non-hydrogen) atoms. The van der Waals surface area contributed by atoms with Crippen LogP contribution in [0.3, 0.4) is 0 Å². The number of carboxylic acid groups (broad SMARTS) is 1. The van der Waals surface area contributed by atoms with E-state index in [4.69, 9.17) is 4.74 Å². The summed E-state index contributed by atoms with van der Waals surface area (Å²) < 4.78 is 8.33. The number of nitrogens with zero attached hydrogens (tertiary/aromatic N) is 5. The third kappa shape index (κ3) is 2.28. The monoisotopic (exact) mass is 353 g/mol. The Kier molecular flexibility index (Phi) is 3.57. The molecule has 3 aromatic rings. The minimum atomic E-state index is -1.13. The molecule has 0 radical (unpaired) electrons. The second-order valence-electron chi connectivity index (χ2n) is 5.90. The summed E-state index contributed by atoms with van der Waals surface area (Å²) in [5.41, 5.74) is 3.32. The van der Waals surface area contributed by atoms with Gasteiger partial charge in [-0.2, -0.15) is 0 Å². The van der Waals surface area contributed by atoms with Crippen LogP contribution in [0.4, 0.5) is 0 Å². The molecule has 1 aromatic carbocycles. The number of fused-ring (bicyclic) bond motifs is 5. The standard InChI is InChI=1S/C17H15N5O4/c1-3-26-17(25)15-13-7-12-14(16(23)24)18-8-21(12)10-5-4-9(2)6-11(10)22(13)20-19-15/h4-6,8H,3,7H2,1-2H3,(H,23,24). The zero-order valence-electron chi connectivity index (χ0n) is 14.1. The molecule has 0 fully saturated rings. The number of aromatic carboxylic acids is 1. The number of carboxylic acids is 1. The van der Waals surface area contributed by atoms with Gasteiger partial charge in [-0.15, -0.1) is 5.10 Å². The van der Waals surface area contributed by atoms with Crippen molar-refractivity contribution >= 4 is 11.9 Å². The lowest BCUT2D eigenvalue weighted by atomic mass is 10.1. The van der Waals surface area contributed by atoms with E-state index in [-0.39, 0.29) is 24.4 Å². The van der Waals surface area contributed by atoms with Crippen molar-refractivity contribution in [2.24, 2.45) is 0 Å². The lowest BCUT2D eigenvalue weighted by Crippen LogP contribution is -2.11. The highest BCUT2D eigenvalue weighted by atomic mass is 16.5. The molecule has 2 aromatic heterocycles. The van der Waals surface area contributed by atoms with Gasteiger partial charge in [0.05, 0.1) is 29.4 Å². The molecule has 4 rings (SSSR count). The molecule has 3 heterocycles. The van der Waals surface area contributed by atoms with Crippen LogP contribution < -0.4 is 0 Å². The number of benzene rings is 1. The summed E-state index contributed by atoms with van der Waals surface area (Å²) in [4.78, 5) is 27.9. The topological polar surface area (TPSA) is 112 Å². The van der Waals surface area contributed by atoms with Gasteiger partial charge in [-0.25, -0.2) is 19.3 Å². The van der Waals surface area contributed by atoms with Gasteiger partial charge < -0.3 is 9.84 Å². The highest BCUT2D eigenvalue weighted by Gasteiger charge is 2.30. The first-order valence-electron chi connectivity index (χ1n) is 8.03. The van der Waals surface area contributed by atoms with Gasteiger partial charge >= 0.3 is 11.9 Å². The van der Waals surface area contributed by atoms with Crippen LogP contribution in [0, 0.1) is 6.92 Å². The van der Waals surface area contributed by atoms with E-state index in [0.29, 0.717) is 22.8 Å². The van der Waals surface area contributed by atoms with Crippen molar-refractivity contribution in [1.82, 2.24) is 24.5 Å². The molecule has 1 N–H and O–H groups in total. The van der Waals surface area contributed by atoms with Crippen molar-refractivity contribution in [3.63, 3.8) is 0 Å². The molecule has 132 valence electrons. The van der Waals surface area contributed by atoms with Gasteiger partial charge in [-0.3, -0.25) is 4.57 Å². The Hall–Kier alpha value is -3.49. The summed E-state index contributed by atoms with van der Waals surface area (Å²) in [6.45, 7) is 3.85. The zero-order chi connectivity index (χ0) is 18.4. The minimum absolute atomic E-state index is 0.0685. The number of rotatable bonds is 3. The molecule has 9 heteroatoms. The minimum Gasteiger partial charge on any atom is -0.476 e. The molecule has 0 bridgehead atoms. The zero-order valence-corrected chi connectivity index (χ0v) is 14.1. The summed E-state index contributed by atoms with van der Waals surface area (Å²) >= 11 is 0. The fourth-order valence-corrected chi connectivity index (χ4v) is 3.11. The smallest absolute Gasteiger partial charge is 0.360 e. The fraction of sp³-hybridized carbons (Fsp3) is 0.235. The van der Waals surface area contributed by atoms with Crippen LogP contribution in [-0.2, 0) is 11.2 Å². The molecular formula is C17H15N5O4. The van der Waals surface area contributed by atoms with Crippen LogP contribution in [0.1, 0.15) is 44.9 Å². The van der Waals surface area contributed by atoms with Crippen LogP contribution >= 0.6 is 0 Å². The average Bonchev–Trinajstić information content (AvgIpc) is 3.17. The molecule has 0 unspecified atom stereocenters.